The van der Waals surface area contributed by atoms with Gasteiger partial charge in [-0.05, 0) is 11.6 Å². The molecule has 1 aliphatic rings. The SMILES string of the molecule is CC(=O)N1CCN(Cc2cccc3cccnc23)CC1. The number of hydrogen-bond donors (Lipinski definition) is 0. The Morgan fingerprint density at radius 2 is 1.90 bits per heavy atom. The van der Waals surface area contributed by atoms with Crippen molar-refractivity contribution in [2.45, 2.75) is 13.5 Å². The molecule has 1 amide bonds. The van der Waals surface area contributed by atoms with Crippen molar-refractivity contribution in [1.29, 1.82) is 0 Å². The van der Waals surface area contributed by atoms with Crippen LogP contribution in [0.15, 0.2) is 36.5 Å². The second-order valence-electron chi connectivity index (χ2n) is 5.27. The smallest absolute Gasteiger partial charge is 0.219 e. The zero-order valence-electron chi connectivity index (χ0n) is 11.7. The topological polar surface area (TPSA) is 36.4 Å². The first kappa shape index (κ1) is 13.1. The van der Waals surface area contributed by atoms with Gasteiger partial charge >= 0.3 is 0 Å². The molecule has 4 nitrogen and oxygen atoms in total. The van der Waals surface area contributed by atoms with Gasteiger partial charge in [-0.3, -0.25) is 14.7 Å². The minimum Gasteiger partial charge on any atom is -0.340 e. The molecule has 4 heteroatoms. The summed E-state index contributed by atoms with van der Waals surface area (Å²) in [5.41, 5.74) is 2.35. The van der Waals surface area contributed by atoms with Crippen molar-refractivity contribution in [1.82, 2.24) is 14.8 Å². The molecule has 1 aromatic carbocycles. The zero-order valence-corrected chi connectivity index (χ0v) is 11.7. The normalized spacial score (nSPS) is 16.6. The van der Waals surface area contributed by atoms with Gasteiger partial charge in [-0.2, -0.15) is 0 Å². The van der Waals surface area contributed by atoms with E-state index in [-0.39, 0.29) is 5.91 Å². The molecule has 3 rings (SSSR count). The molecule has 104 valence electrons. The second-order valence-corrected chi connectivity index (χ2v) is 5.27. The van der Waals surface area contributed by atoms with Crippen molar-refractivity contribution >= 4 is 16.8 Å². The van der Waals surface area contributed by atoms with Crippen LogP contribution >= 0.6 is 0 Å². The van der Waals surface area contributed by atoms with E-state index in [1.54, 1.807) is 6.92 Å². The van der Waals surface area contributed by atoms with Gasteiger partial charge in [0.2, 0.25) is 5.91 Å². The van der Waals surface area contributed by atoms with E-state index in [9.17, 15) is 4.79 Å². The Morgan fingerprint density at radius 1 is 1.15 bits per heavy atom. The summed E-state index contributed by atoms with van der Waals surface area (Å²) in [6.45, 7) is 6.07. The van der Waals surface area contributed by atoms with Crippen LogP contribution in [0.25, 0.3) is 10.9 Å². The maximum atomic E-state index is 11.3. The average Bonchev–Trinajstić information content (AvgIpc) is 2.48. The number of para-hydroxylation sites is 1. The number of pyridine rings is 1. The van der Waals surface area contributed by atoms with E-state index < -0.39 is 0 Å². The molecule has 1 aromatic heterocycles. The molecule has 2 heterocycles. The minimum atomic E-state index is 0.177. The first-order valence-corrected chi connectivity index (χ1v) is 7.04. The number of nitrogens with zero attached hydrogens (tertiary/aromatic N) is 3. The van der Waals surface area contributed by atoms with Crippen LogP contribution in [0.5, 0.6) is 0 Å². The third kappa shape index (κ3) is 2.65. The molecule has 0 saturated carbocycles. The van der Waals surface area contributed by atoms with Crippen LogP contribution in [0.3, 0.4) is 0 Å². The summed E-state index contributed by atoms with van der Waals surface area (Å²) < 4.78 is 0. The summed E-state index contributed by atoms with van der Waals surface area (Å²) in [5, 5.41) is 1.19. The second kappa shape index (κ2) is 5.59. The zero-order chi connectivity index (χ0) is 13.9. The first-order valence-electron chi connectivity index (χ1n) is 7.04. The molecule has 1 fully saturated rings. The molecule has 0 unspecified atom stereocenters. The van der Waals surface area contributed by atoms with Crippen LogP contribution in [-0.4, -0.2) is 46.9 Å². The number of carbonyl (C=O) groups is 1. The van der Waals surface area contributed by atoms with E-state index >= 15 is 0 Å². The standard InChI is InChI=1S/C16H19N3O/c1-13(20)19-10-8-18(9-11-19)12-15-5-2-4-14-6-3-7-17-16(14)15/h2-7H,8-12H2,1H3. The Hall–Kier alpha value is -1.94. The summed E-state index contributed by atoms with van der Waals surface area (Å²) in [6.07, 6.45) is 1.85. The van der Waals surface area contributed by atoms with Gasteiger partial charge in [0.05, 0.1) is 5.52 Å². The third-order valence-electron chi connectivity index (χ3n) is 3.93. The summed E-state index contributed by atoms with van der Waals surface area (Å²) >= 11 is 0. The van der Waals surface area contributed by atoms with Crippen molar-refractivity contribution < 1.29 is 4.79 Å². The number of aromatic nitrogens is 1. The highest BCUT2D eigenvalue weighted by atomic mass is 16.2. The Kier molecular flexibility index (Phi) is 3.65. The number of hydrogen-bond acceptors (Lipinski definition) is 3. The molecule has 0 atom stereocenters. The Labute approximate surface area is 119 Å². The van der Waals surface area contributed by atoms with Gasteiger partial charge in [0.25, 0.3) is 0 Å². The van der Waals surface area contributed by atoms with E-state index in [1.807, 2.05) is 17.2 Å². The molecular formula is C16H19N3O. The lowest BCUT2D eigenvalue weighted by Crippen LogP contribution is -2.47. The molecule has 20 heavy (non-hydrogen) atoms. The molecule has 2 aromatic rings. The van der Waals surface area contributed by atoms with Crippen molar-refractivity contribution in [3.8, 4) is 0 Å². The van der Waals surface area contributed by atoms with E-state index in [0.29, 0.717) is 0 Å². The molecule has 1 saturated heterocycles. The number of fused-ring (bicyclic) bond motifs is 1. The molecule has 0 N–H and O–H groups in total. The monoisotopic (exact) mass is 269 g/mol. The number of carbonyl (C=O) groups excluding carboxylic acids is 1. The van der Waals surface area contributed by atoms with Crippen LogP contribution in [0, 0.1) is 0 Å². The molecule has 0 radical (unpaired) electrons. The predicted molar refractivity (Wildman–Crippen MR) is 79.3 cm³/mol. The molecular weight excluding hydrogens is 250 g/mol. The highest BCUT2D eigenvalue weighted by Crippen LogP contribution is 2.18. The number of rotatable bonds is 2. The van der Waals surface area contributed by atoms with Crippen LogP contribution in [0.2, 0.25) is 0 Å². The number of piperazine rings is 1. The minimum absolute atomic E-state index is 0.177. The maximum Gasteiger partial charge on any atom is 0.219 e. The highest BCUT2D eigenvalue weighted by molar-refractivity contribution is 5.81. The number of benzene rings is 1. The Morgan fingerprint density at radius 3 is 2.65 bits per heavy atom. The van der Waals surface area contributed by atoms with Gasteiger partial charge in [-0.1, -0.05) is 24.3 Å². The van der Waals surface area contributed by atoms with Gasteiger partial charge < -0.3 is 4.90 Å². The average molecular weight is 269 g/mol. The highest BCUT2D eigenvalue weighted by Gasteiger charge is 2.19. The van der Waals surface area contributed by atoms with Gasteiger partial charge in [-0.15, -0.1) is 0 Å². The fourth-order valence-electron chi connectivity index (χ4n) is 2.76. The lowest BCUT2D eigenvalue weighted by Gasteiger charge is -2.34. The molecule has 0 bridgehead atoms. The van der Waals surface area contributed by atoms with Gasteiger partial charge in [0.1, 0.15) is 0 Å². The lowest BCUT2D eigenvalue weighted by molar-refractivity contribution is -0.130. The number of amides is 1. The van der Waals surface area contributed by atoms with Gasteiger partial charge in [-0.25, -0.2) is 0 Å². The summed E-state index contributed by atoms with van der Waals surface area (Å²) in [6, 6.07) is 10.4. The Balaban J connectivity index is 1.73. The van der Waals surface area contributed by atoms with Crippen molar-refractivity contribution in [3.05, 3.63) is 42.1 Å². The first-order chi connectivity index (χ1) is 9.74. The molecule has 1 aliphatic heterocycles. The molecule has 0 aliphatic carbocycles. The third-order valence-corrected chi connectivity index (χ3v) is 3.93. The van der Waals surface area contributed by atoms with Crippen LogP contribution < -0.4 is 0 Å². The fraction of sp³-hybridized carbons (Fsp3) is 0.375. The van der Waals surface area contributed by atoms with Gasteiger partial charge in [0, 0.05) is 51.2 Å². The van der Waals surface area contributed by atoms with Crippen LogP contribution in [0.4, 0.5) is 0 Å². The van der Waals surface area contributed by atoms with Crippen LogP contribution in [-0.2, 0) is 11.3 Å². The van der Waals surface area contributed by atoms with Gasteiger partial charge in [0.15, 0.2) is 0 Å². The fourth-order valence-corrected chi connectivity index (χ4v) is 2.76. The lowest BCUT2D eigenvalue weighted by atomic mass is 10.1. The maximum absolute atomic E-state index is 11.3. The van der Waals surface area contributed by atoms with Crippen molar-refractivity contribution in [2.24, 2.45) is 0 Å². The summed E-state index contributed by atoms with van der Waals surface area (Å²) in [4.78, 5) is 20.1. The summed E-state index contributed by atoms with van der Waals surface area (Å²) in [7, 11) is 0. The molecule has 0 spiro atoms. The van der Waals surface area contributed by atoms with Crippen molar-refractivity contribution in [3.63, 3.8) is 0 Å². The Bertz CT molecular complexity index is 613. The van der Waals surface area contributed by atoms with E-state index in [2.05, 4.69) is 34.1 Å². The quantitative estimate of drug-likeness (QED) is 0.835. The predicted octanol–water partition coefficient (Wildman–Crippen LogP) is 1.90. The van der Waals surface area contributed by atoms with Crippen LogP contribution in [0.1, 0.15) is 12.5 Å². The van der Waals surface area contributed by atoms with E-state index in [4.69, 9.17) is 0 Å². The van der Waals surface area contributed by atoms with E-state index in [0.717, 1.165) is 38.2 Å². The summed E-state index contributed by atoms with van der Waals surface area (Å²) in [5.74, 6) is 0.177. The van der Waals surface area contributed by atoms with Crippen molar-refractivity contribution in [2.75, 3.05) is 26.2 Å². The largest absolute Gasteiger partial charge is 0.340 e. The van der Waals surface area contributed by atoms with E-state index in [1.165, 1.54) is 10.9 Å².